The van der Waals surface area contributed by atoms with E-state index in [1.807, 2.05) is 10.6 Å². The molecule has 0 atom stereocenters. The van der Waals surface area contributed by atoms with Crippen LogP contribution in [0, 0.1) is 0 Å². The molecule has 8 heteroatoms. The first kappa shape index (κ1) is 23.4. The Morgan fingerprint density at radius 2 is 1.67 bits per heavy atom. The van der Waals surface area contributed by atoms with Crippen molar-refractivity contribution in [1.82, 2.24) is 36.3 Å². The lowest BCUT2D eigenvalue weighted by Crippen LogP contribution is -2.33. The molecule has 1 saturated heterocycles. The number of aromatic nitrogens is 3. The molecule has 0 bridgehead atoms. The maximum absolute atomic E-state index is 13.0. The van der Waals surface area contributed by atoms with Crippen molar-refractivity contribution in [3.05, 3.63) is 76.0 Å². The molecule has 4 rings (SSSR count). The van der Waals surface area contributed by atoms with Gasteiger partial charge < -0.3 is 0 Å². The zero-order chi connectivity index (χ0) is 23.0. The number of hydrogen-bond donors (Lipinski definition) is 4. The Kier molecular flexibility index (Phi) is 8.06. The minimum absolute atomic E-state index is 0.00449. The molecule has 0 saturated carbocycles. The molecular formula is C25H35N7O. The molecule has 4 N–H and O–H groups in total. The van der Waals surface area contributed by atoms with Crippen molar-refractivity contribution in [1.29, 1.82) is 0 Å². The number of nitrogens with zero attached hydrogens (tertiary/aromatic N) is 3. The van der Waals surface area contributed by atoms with E-state index in [1.54, 1.807) is 4.68 Å². The molecular weight excluding hydrogens is 414 g/mol. The molecule has 33 heavy (non-hydrogen) atoms. The quantitative estimate of drug-likeness (QED) is 0.336. The molecule has 0 aliphatic carbocycles. The molecule has 1 aliphatic heterocycles. The normalized spacial score (nSPS) is 14.2. The van der Waals surface area contributed by atoms with Gasteiger partial charge in [-0.25, -0.2) is 20.3 Å². The second-order valence-electron chi connectivity index (χ2n) is 8.57. The van der Waals surface area contributed by atoms with E-state index in [2.05, 4.69) is 83.3 Å². The topological polar surface area (TPSA) is 87.9 Å². The van der Waals surface area contributed by atoms with E-state index in [-0.39, 0.29) is 11.9 Å². The first-order valence-corrected chi connectivity index (χ1v) is 12.1. The Morgan fingerprint density at radius 1 is 0.909 bits per heavy atom. The highest BCUT2D eigenvalue weighted by molar-refractivity contribution is 5.68. The van der Waals surface area contributed by atoms with Gasteiger partial charge in [-0.2, -0.15) is 16.2 Å². The molecule has 0 radical (unpaired) electrons. The van der Waals surface area contributed by atoms with Gasteiger partial charge in [0, 0.05) is 13.0 Å². The van der Waals surface area contributed by atoms with Gasteiger partial charge in [0.2, 0.25) is 0 Å². The average Bonchev–Trinajstić information content (AvgIpc) is 3.48. The van der Waals surface area contributed by atoms with Gasteiger partial charge in [-0.05, 0) is 35.1 Å². The molecule has 1 aliphatic rings. The zero-order valence-corrected chi connectivity index (χ0v) is 19.6. The van der Waals surface area contributed by atoms with Crippen molar-refractivity contribution in [2.75, 3.05) is 0 Å². The fourth-order valence-corrected chi connectivity index (χ4v) is 4.29. The lowest BCUT2D eigenvalue weighted by Gasteiger charge is -2.15. The van der Waals surface area contributed by atoms with Crippen LogP contribution >= 0.6 is 0 Å². The number of hydrazine groups is 3. The van der Waals surface area contributed by atoms with Gasteiger partial charge in [0.15, 0.2) is 0 Å². The van der Waals surface area contributed by atoms with E-state index in [9.17, 15) is 4.79 Å². The van der Waals surface area contributed by atoms with E-state index in [0.29, 0.717) is 13.1 Å². The summed E-state index contributed by atoms with van der Waals surface area (Å²) in [6, 6.07) is 16.8. The maximum atomic E-state index is 13.0. The lowest BCUT2D eigenvalue weighted by atomic mass is 9.97. The van der Waals surface area contributed by atoms with Gasteiger partial charge >= 0.3 is 5.69 Å². The molecule has 0 amide bonds. The van der Waals surface area contributed by atoms with E-state index in [1.165, 1.54) is 19.3 Å². The van der Waals surface area contributed by atoms with Crippen molar-refractivity contribution in [3.63, 3.8) is 0 Å². The highest BCUT2D eigenvalue weighted by Gasteiger charge is 2.19. The fraction of sp³-hybridized carbons (Fsp3) is 0.440. The van der Waals surface area contributed by atoms with Crippen LogP contribution in [0.5, 0.6) is 0 Å². The molecule has 1 aromatic heterocycles. The van der Waals surface area contributed by atoms with Crippen molar-refractivity contribution in [2.45, 2.75) is 71.6 Å². The third kappa shape index (κ3) is 5.59. The van der Waals surface area contributed by atoms with Crippen molar-refractivity contribution in [2.24, 2.45) is 0 Å². The Morgan fingerprint density at radius 3 is 2.39 bits per heavy atom. The highest BCUT2D eigenvalue weighted by atomic mass is 16.2. The third-order valence-electron chi connectivity index (χ3n) is 6.06. The summed E-state index contributed by atoms with van der Waals surface area (Å²) in [5, 5.41) is 4.66. The number of benzene rings is 2. The van der Waals surface area contributed by atoms with Crippen molar-refractivity contribution >= 4 is 0 Å². The van der Waals surface area contributed by atoms with Crippen molar-refractivity contribution < 1.29 is 0 Å². The Balaban J connectivity index is 1.54. The Labute approximate surface area is 195 Å². The predicted octanol–water partition coefficient (Wildman–Crippen LogP) is 3.41. The first-order chi connectivity index (χ1) is 16.2. The lowest BCUT2D eigenvalue weighted by molar-refractivity contribution is 0.556. The van der Waals surface area contributed by atoms with Crippen LogP contribution < -0.4 is 27.6 Å². The summed E-state index contributed by atoms with van der Waals surface area (Å²) in [7, 11) is 0. The summed E-state index contributed by atoms with van der Waals surface area (Å²) in [5.41, 5.74) is 16.6. The van der Waals surface area contributed by atoms with Crippen LogP contribution in [0.1, 0.15) is 69.1 Å². The van der Waals surface area contributed by atoms with Gasteiger partial charge in [-0.3, -0.25) is 4.57 Å². The van der Waals surface area contributed by atoms with Crippen LogP contribution in [0.25, 0.3) is 11.1 Å². The first-order valence-electron chi connectivity index (χ1n) is 12.1. The van der Waals surface area contributed by atoms with Crippen LogP contribution in [-0.2, 0) is 19.5 Å². The van der Waals surface area contributed by atoms with Crippen LogP contribution in [0.4, 0.5) is 0 Å². The van der Waals surface area contributed by atoms with E-state index < -0.39 is 0 Å². The van der Waals surface area contributed by atoms with Gasteiger partial charge in [-0.1, -0.05) is 81.6 Å². The van der Waals surface area contributed by atoms with Crippen LogP contribution in [0.2, 0.25) is 0 Å². The standard InChI is InChI=1S/C25H35N7O/c1-3-5-6-7-12-23-28-32(17-4-2)25(33)31(23)18-19-13-15-20(16-14-19)21-10-8-9-11-22(21)24-26-29-30-27-24/h8-11,13-16,24,26-27,29-30H,3-7,12,17-18H2,1-2H3. The number of rotatable bonds is 11. The average molecular weight is 450 g/mol. The molecule has 2 heterocycles. The van der Waals surface area contributed by atoms with Gasteiger partial charge in [0.25, 0.3) is 0 Å². The summed E-state index contributed by atoms with van der Waals surface area (Å²) < 4.78 is 3.48. The Hall–Kier alpha value is -2.78. The molecule has 1 fully saturated rings. The van der Waals surface area contributed by atoms with E-state index in [0.717, 1.165) is 47.3 Å². The Bertz CT molecular complexity index is 1080. The monoisotopic (exact) mass is 449 g/mol. The summed E-state index contributed by atoms with van der Waals surface area (Å²) in [5.74, 6) is 0.900. The predicted molar refractivity (Wildman–Crippen MR) is 131 cm³/mol. The van der Waals surface area contributed by atoms with Crippen LogP contribution in [-0.4, -0.2) is 14.3 Å². The van der Waals surface area contributed by atoms with Gasteiger partial charge in [-0.15, -0.1) is 0 Å². The van der Waals surface area contributed by atoms with E-state index >= 15 is 0 Å². The summed E-state index contributed by atoms with van der Waals surface area (Å²) in [6.45, 7) is 5.50. The molecule has 176 valence electrons. The number of aryl methyl sites for hydroxylation is 2. The van der Waals surface area contributed by atoms with Gasteiger partial charge in [0.05, 0.1) is 6.54 Å². The third-order valence-corrected chi connectivity index (χ3v) is 6.06. The molecule has 0 spiro atoms. The number of unbranched alkanes of at least 4 members (excludes halogenated alkanes) is 3. The number of nitrogens with one attached hydrogen (secondary N) is 4. The molecule has 3 aromatic rings. The van der Waals surface area contributed by atoms with Gasteiger partial charge in [0.1, 0.15) is 12.0 Å². The smallest absolute Gasteiger partial charge is 0.274 e. The SMILES string of the molecule is CCCCCCc1nn(CCC)c(=O)n1Cc1ccc(-c2ccccc2C2NNNN2)cc1. The second kappa shape index (κ2) is 11.4. The fourth-order valence-electron chi connectivity index (χ4n) is 4.29. The summed E-state index contributed by atoms with van der Waals surface area (Å²) in [6.07, 6.45) is 6.39. The largest absolute Gasteiger partial charge is 0.346 e. The molecule has 2 aromatic carbocycles. The molecule has 8 nitrogen and oxygen atoms in total. The minimum Gasteiger partial charge on any atom is -0.274 e. The summed E-state index contributed by atoms with van der Waals surface area (Å²) in [4.78, 5) is 13.0. The van der Waals surface area contributed by atoms with Crippen molar-refractivity contribution in [3.8, 4) is 11.1 Å². The summed E-state index contributed by atoms with van der Waals surface area (Å²) >= 11 is 0. The van der Waals surface area contributed by atoms with Crippen LogP contribution in [0.3, 0.4) is 0 Å². The minimum atomic E-state index is -0.0286. The highest BCUT2D eigenvalue weighted by Crippen LogP contribution is 2.28. The van der Waals surface area contributed by atoms with E-state index in [4.69, 9.17) is 0 Å². The number of hydrogen-bond acceptors (Lipinski definition) is 6. The van der Waals surface area contributed by atoms with Crippen LogP contribution in [0.15, 0.2) is 53.3 Å². The molecule has 0 unspecified atom stereocenters. The second-order valence-corrected chi connectivity index (χ2v) is 8.57. The zero-order valence-electron chi connectivity index (χ0n) is 19.6. The maximum Gasteiger partial charge on any atom is 0.346 e.